The second-order valence-electron chi connectivity index (χ2n) is 5.64. The van der Waals surface area contributed by atoms with Crippen molar-refractivity contribution in [3.63, 3.8) is 0 Å². The summed E-state index contributed by atoms with van der Waals surface area (Å²) in [4.78, 5) is 27.8. The normalized spacial score (nSPS) is 22.0. The average Bonchev–Trinajstić information content (AvgIpc) is 3.20. The van der Waals surface area contributed by atoms with E-state index in [9.17, 15) is 9.59 Å². The van der Waals surface area contributed by atoms with E-state index in [1.54, 1.807) is 6.92 Å². The van der Waals surface area contributed by atoms with Crippen LogP contribution in [0.3, 0.4) is 0 Å². The fourth-order valence-electron chi connectivity index (χ4n) is 3.03. The molecule has 1 aromatic rings. The molecule has 124 valence electrons. The molecule has 6 nitrogen and oxygen atoms in total. The maximum atomic E-state index is 12.5. The van der Waals surface area contributed by atoms with E-state index < -0.39 is 6.04 Å². The number of rotatable bonds is 5. The number of carbonyl (C=O) groups excluding carboxylic acids is 2. The summed E-state index contributed by atoms with van der Waals surface area (Å²) in [5.74, 6) is -0.368. The Morgan fingerprint density at radius 2 is 2.22 bits per heavy atom. The first-order valence-corrected chi connectivity index (χ1v) is 8.80. The Balaban J connectivity index is 1.96. The summed E-state index contributed by atoms with van der Waals surface area (Å²) in [5, 5.41) is 7.60. The summed E-state index contributed by atoms with van der Waals surface area (Å²) in [6, 6.07) is 3.12. The molecule has 2 N–H and O–H groups in total. The van der Waals surface area contributed by atoms with Crippen molar-refractivity contribution in [2.24, 2.45) is 0 Å². The summed E-state index contributed by atoms with van der Waals surface area (Å²) in [7, 11) is 0. The average molecular weight is 335 g/mol. The quantitative estimate of drug-likeness (QED) is 0.808. The van der Waals surface area contributed by atoms with Crippen LogP contribution in [0, 0.1) is 0 Å². The largest absolute Gasteiger partial charge is 0.463 e. The van der Waals surface area contributed by atoms with E-state index in [4.69, 9.17) is 4.74 Å². The Hall–Kier alpha value is -1.86. The maximum Gasteiger partial charge on any atom is 0.338 e. The van der Waals surface area contributed by atoms with Crippen molar-refractivity contribution in [1.82, 2.24) is 15.5 Å². The highest BCUT2D eigenvalue weighted by Crippen LogP contribution is 2.31. The number of carbonyl (C=O) groups is 2. The molecule has 3 heterocycles. The minimum Gasteiger partial charge on any atom is -0.463 e. The molecule has 3 rings (SSSR count). The molecule has 2 aliphatic heterocycles. The van der Waals surface area contributed by atoms with Gasteiger partial charge in [-0.05, 0) is 44.3 Å². The van der Waals surface area contributed by atoms with Gasteiger partial charge >= 0.3 is 12.0 Å². The minimum atomic E-state index is -0.444. The van der Waals surface area contributed by atoms with E-state index in [1.165, 1.54) is 11.3 Å². The zero-order valence-corrected chi connectivity index (χ0v) is 13.9. The van der Waals surface area contributed by atoms with Gasteiger partial charge in [-0.25, -0.2) is 9.59 Å². The zero-order chi connectivity index (χ0) is 16.2. The van der Waals surface area contributed by atoms with Crippen LogP contribution in [0.2, 0.25) is 0 Å². The van der Waals surface area contributed by atoms with Gasteiger partial charge in [-0.2, -0.15) is 0 Å². The molecule has 0 unspecified atom stereocenters. The number of hydrogen-bond donors (Lipinski definition) is 2. The van der Waals surface area contributed by atoms with Crippen LogP contribution in [-0.2, 0) is 9.53 Å². The molecule has 0 aliphatic carbocycles. The predicted molar refractivity (Wildman–Crippen MR) is 88.1 cm³/mol. The summed E-state index contributed by atoms with van der Waals surface area (Å²) < 4.78 is 5.24. The second-order valence-corrected chi connectivity index (χ2v) is 6.62. The fourth-order valence-corrected chi connectivity index (χ4v) is 3.81. The third kappa shape index (κ3) is 3.56. The van der Waals surface area contributed by atoms with Crippen molar-refractivity contribution in [1.29, 1.82) is 0 Å². The molecule has 1 atom stereocenters. The lowest BCUT2D eigenvalue weighted by Crippen LogP contribution is -2.48. The third-order valence-corrected chi connectivity index (χ3v) is 4.99. The Labute approximate surface area is 139 Å². The molecule has 2 amide bonds. The first kappa shape index (κ1) is 16.0. The van der Waals surface area contributed by atoms with Crippen LogP contribution in [0.1, 0.15) is 30.7 Å². The summed E-state index contributed by atoms with van der Waals surface area (Å²) in [6.07, 6.45) is 2.31. The van der Waals surface area contributed by atoms with Gasteiger partial charge < -0.3 is 15.4 Å². The standard InChI is InChI=1S/C16H21N3O3S/c1-2-22-15(20)13-11(10-19-7-3-4-8-19)17-16(21)18-14(13)12-6-5-9-23-12/h5-6,9,14H,2-4,7-8,10H2,1H3,(H2,17,18,21)/t14-/m1/s1. The van der Waals surface area contributed by atoms with Crippen LogP contribution in [0.25, 0.3) is 0 Å². The highest BCUT2D eigenvalue weighted by Gasteiger charge is 2.35. The highest BCUT2D eigenvalue weighted by molar-refractivity contribution is 7.10. The molecule has 0 aromatic carbocycles. The number of amides is 2. The molecule has 23 heavy (non-hydrogen) atoms. The lowest BCUT2D eigenvalue weighted by molar-refractivity contribution is -0.139. The van der Waals surface area contributed by atoms with E-state index >= 15 is 0 Å². The molecule has 7 heteroatoms. The van der Waals surface area contributed by atoms with Crippen molar-refractivity contribution in [3.8, 4) is 0 Å². The highest BCUT2D eigenvalue weighted by atomic mass is 32.1. The summed E-state index contributed by atoms with van der Waals surface area (Å²) in [5.41, 5.74) is 1.17. The van der Waals surface area contributed by atoms with Gasteiger partial charge in [0, 0.05) is 17.1 Å². The number of nitrogens with zero attached hydrogens (tertiary/aromatic N) is 1. The molecule has 1 aromatic heterocycles. The molecule has 2 aliphatic rings. The Bertz CT molecular complexity index is 606. The van der Waals surface area contributed by atoms with E-state index in [0.717, 1.165) is 30.8 Å². The number of ether oxygens (including phenoxy) is 1. The molecule has 0 spiro atoms. The molecule has 0 saturated carbocycles. The van der Waals surface area contributed by atoms with Gasteiger partial charge in [-0.3, -0.25) is 4.90 Å². The van der Waals surface area contributed by atoms with Crippen molar-refractivity contribution in [2.45, 2.75) is 25.8 Å². The van der Waals surface area contributed by atoms with Gasteiger partial charge in [0.05, 0.1) is 18.2 Å². The van der Waals surface area contributed by atoms with Crippen LogP contribution in [0.5, 0.6) is 0 Å². The molecule has 1 saturated heterocycles. The van der Waals surface area contributed by atoms with Gasteiger partial charge in [0.15, 0.2) is 0 Å². The van der Waals surface area contributed by atoms with Gasteiger partial charge in [0.25, 0.3) is 0 Å². The van der Waals surface area contributed by atoms with Gasteiger partial charge in [-0.15, -0.1) is 11.3 Å². The fraction of sp³-hybridized carbons (Fsp3) is 0.500. The lowest BCUT2D eigenvalue weighted by atomic mass is 10.0. The van der Waals surface area contributed by atoms with Gasteiger partial charge in [-0.1, -0.05) is 6.07 Å². The van der Waals surface area contributed by atoms with E-state index in [2.05, 4.69) is 15.5 Å². The van der Waals surface area contributed by atoms with Crippen molar-refractivity contribution in [2.75, 3.05) is 26.2 Å². The van der Waals surface area contributed by atoms with Crippen LogP contribution in [0.4, 0.5) is 4.79 Å². The maximum absolute atomic E-state index is 12.5. The first-order valence-electron chi connectivity index (χ1n) is 7.92. The number of nitrogens with one attached hydrogen (secondary N) is 2. The number of urea groups is 1. The Kier molecular flexibility index (Phi) is 4.97. The monoisotopic (exact) mass is 335 g/mol. The van der Waals surface area contributed by atoms with Gasteiger partial charge in [0.1, 0.15) is 0 Å². The SMILES string of the molecule is CCOC(=O)C1=C(CN2CCCC2)NC(=O)N[C@@H]1c1cccs1. The number of esters is 1. The Morgan fingerprint density at radius 1 is 1.43 bits per heavy atom. The van der Waals surface area contributed by atoms with Crippen LogP contribution < -0.4 is 10.6 Å². The van der Waals surface area contributed by atoms with Crippen molar-refractivity contribution >= 4 is 23.3 Å². The lowest BCUT2D eigenvalue weighted by Gasteiger charge is -2.30. The first-order chi connectivity index (χ1) is 11.2. The zero-order valence-electron chi connectivity index (χ0n) is 13.1. The van der Waals surface area contributed by atoms with E-state index in [0.29, 0.717) is 24.4 Å². The van der Waals surface area contributed by atoms with E-state index in [1.807, 2.05) is 17.5 Å². The van der Waals surface area contributed by atoms with Crippen LogP contribution in [-0.4, -0.2) is 43.1 Å². The smallest absolute Gasteiger partial charge is 0.338 e. The van der Waals surface area contributed by atoms with E-state index in [-0.39, 0.29) is 12.0 Å². The molecule has 0 radical (unpaired) electrons. The number of thiophene rings is 1. The predicted octanol–water partition coefficient (Wildman–Crippen LogP) is 2.01. The molecule has 1 fully saturated rings. The van der Waals surface area contributed by atoms with Crippen LogP contribution in [0.15, 0.2) is 28.8 Å². The van der Waals surface area contributed by atoms with Crippen molar-refractivity contribution in [3.05, 3.63) is 33.7 Å². The summed E-state index contributed by atoms with van der Waals surface area (Å²) >= 11 is 1.52. The minimum absolute atomic E-state index is 0.273. The number of hydrogen-bond acceptors (Lipinski definition) is 5. The third-order valence-electron chi connectivity index (χ3n) is 4.06. The second kappa shape index (κ2) is 7.14. The number of likely N-dealkylation sites (tertiary alicyclic amines) is 1. The topological polar surface area (TPSA) is 70.7 Å². The molecule has 0 bridgehead atoms. The Morgan fingerprint density at radius 3 is 2.87 bits per heavy atom. The summed E-state index contributed by atoms with van der Waals surface area (Å²) in [6.45, 7) is 4.65. The van der Waals surface area contributed by atoms with Gasteiger partial charge in [0.2, 0.25) is 0 Å². The van der Waals surface area contributed by atoms with Crippen molar-refractivity contribution < 1.29 is 14.3 Å². The molecular formula is C16H21N3O3S. The van der Waals surface area contributed by atoms with Crippen LogP contribution >= 0.6 is 11.3 Å². The molecular weight excluding hydrogens is 314 g/mol.